The van der Waals surface area contributed by atoms with E-state index in [-0.39, 0.29) is 96.9 Å². The van der Waals surface area contributed by atoms with Crippen LogP contribution in [0.4, 0.5) is 0 Å². The van der Waals surface area contributed by atoms with E-state index in [1.54, 1.807) is 31.4 Å². The summed E-state index contributed by atoms with van der Waals surface area (Å²) in [6.07, 6.45) is 3.30. The first kappa shape index (κ1) is 86.4. The van der Waals surface area contributed by atoms with Crippen molar-refractivity contribution in [2.24, 2.45) is 11.8 Å². The molecule has 6 rings (SSSR count). The standard InChI is InChI=1S/C77H140O16SSi5/c1-51-44-56(86-64(53(51)3)48-65-60(50-94(80,81)59-34-32-31-33-35-59)68(83-20)66(88-65)46-58(90-96(23,24)74(7,8)9)49-84-95(21,22)73(4,5)6)39-42-61-52(2)45-55(85-61)38-36-54(78)37-41-63(91-97(25,26)75(10,11)12)70-72(93-99(29,30)77(16,17)18)71(92-98(27,28)76(13,14)15)69-62(89-70)43-40-57(87-69)47-67(79)82-19/h31-35,37,41,51,54-58,60-66,68-72,78H,2-3,36,38-40,42-50H2,1,4-30H3/b41-37+/t51-,54?,55+,56+,57-,58+,60+,61?,62+,63+,64-,65+,66-,68-,69+,70+,71+,72-/m1/s1. The van der Waals surface area contributed by atoms with Gasteiger partial charge in [-0.05, 0) is 171 Å². The number of ether oxygens (including phenoxy) is 7. The van der Waals surface area contributed by atoms with E-state index in [9.17, 15) is 18.3 Å². The smallest absolute Gasteiger partial charge is 0.308 e. The number of fused-ring (bicyclic) bond motifs is 1. The van der Waals surface area contributed by atoms with E-state index < -0.39 is 112 Å². The molecule has 0 spiro atoms. The van der Waals surface area contributed by atoms with Crippen LogP contribution in [0.1, 0.15) is 181 Å². The van der Waals surface area contributed by atoms with Gasteiger partial charge in [-0.1, -0.05) is 154 Å². The maximum absolute atomic E-state index is 14.4. The van der Waals surface area contributed by atoms with Crippen LogP contribution >= 0.6 is 0 Å². The number of carbonyl (C=O) groups is 1. The monoisotopic (exact) mass is 1490 g/mol. The number of carbonyl (C=O) groups excluding carboxylic acids is 1. The summed E-state index contributed by atoms with van der Waals surface area (Å²) in [6.45, 7) is 68.1. The lowest BCUT2D eigenvalue weighted by atomic mass is 9.83. The summed E-state index contributed by atoms with van der Waals surface area (Å²) in [5, 5.41) is 11.6. The van der Waals surface area contributed by atoms with Crippen LogP contribution in [-0.4, -0.2) is 185 Å². The van der Waals surface area contributed by atoms with E-state index in [2.05, 4.69) is 189 Å². The Morgan fingerprint density at radius 1 is 0.636 bits per heavy atom. The van der Waals surface area contributed by atoms with Crippen molar-refractivity contribution in [1.82, 2.24) is 0 Å². The first-order chi connectivity index (χ1) is 45.1. The van der Waals surface area contributed by atoms with Crippen LogP contribution in [-0.2, 0) is 69.9 Å². The molecule has 5 fully saturated rings. The van der Waals surface area contributed by atoms with Gasteiger partial charge >= 0.3 is 5.97 Å². The van der Waals surface area contributed by atoms with Crippen molar-refractivity contribution in [3.8, 4) is 0 Å². The van der Waals surface area contributed by atoms with Gasteiger partial charge in [0.25, 0.3) is 0 Å². The number of aliphatic hydroxyl groups is 1. The molecule has 5 aliphatic rings. The summed E-state index contributed by atoms with van der Waals surface area (Å²) in [6, 6.07) is 8.69. The van der Waals surface area contributed by atoms with Crippen molar-refractivity contribution in [2.45, 2.75) is 375 Å². The molecule has 16 nitrogen and oxygen atoms in total. The molecular weight excluding hydrogens is 1350 g/mol. The van der Waals surface area contributed by atoms with E-state index in [0.29, 0.717) is 51.6 Å². The van der Waals surface area contributed by atoms with Crippen molar-refractivity contribution < 1.29 is 73.6 Å². The number of hydrogen-bond donors (Lipinski definition) is 1. The zero-order chi connectivity index (χ0) is 74.8. The molecule has 0 saturated carbocycles. The molecule has 1 aromatic carbocycles. The summed E-state index contributed by atoms with van der Waals surface area (Å²) in [5.41, 5.74) is 2.02. The molecule has 99 heavy (non-hydrogen) atoms. The Labute approximate surface area is 607 Å². The molecule has 5 saturated heterocycles. The quantitative estimate of drug-likeness (QED) is 0.0436. The second-order valence-corrected chi connectivity index (χ2v) is 63.5. The van der Waals surface area contributed by atoms with Crippen molar-refractivity contribution in [3.05, 3.63) is 66.8 Å². The summed E-state index contributed by atoms with van der Waals surface area (Å²) in [5.74, 6) is -0.822. The van der Waals surface area contributed by atoms with E-state index in [4.69, 9.17) is 55.3 Å². The molecule has 1 N–H and O–H groups in total. The van der Waals surface area contributed by atoms with Gasteiger partial charge in [0.1, 0.15) is 24.4 Å². The van der Waals surface area contributed by atoms with E-state index in [1.165, 1.54) is 7.11 Å². The average Bonchev–Trinajstić information content (AvgIpc) is 0.965. The SMILES string of the molecule is C=C1C[C@H](CCC(O)/C=C/[C@H](O[Si](C)(C)C(C)(C)C)[C@@H]2O[C@H]3CC[C@H](CC(=O)OC)O[C@@H]3[C@H](O[Si](C)(C)C(C)(C)C)[C@@H]2O[Si](C)(C)C(C)(C)C)OC1CC[C@H]1C[C@@H](C)C(=C)[C@@H](C[C@@H]2O[C@H](C[C@@H](CO[Si](C)(C)C(C)(C)C)O[Si](C)(C)C(C)(C)C)[C@H](OC)[C@H]2CS(=O)(=O)c2ccccc2)O1. The molecule has 0 aromatic heterocycles. The van der Waals surface area contributed by atoms with Crippen molar-refractivity contribution >= 4 is 57.4 Å². The molecule has 5 heterocycles. The second-order valence-electron chi connectivity index (χ2n) is 37.6. The van der Waals surface area contributed by atoms with Crippen LogP contribution in [0.5, 0.6) is 0 Å². The molecule has 0 radical (unpaired) electrons. The fourth-order valence-electron chi connectivity index (χ4n) is 13.1. The second kappa shape index (κ2) is 33.3. The molecule has 2 unspecified atom stereocenters. The fraction of sp³-hybridized carbons (Fsp3) is 0.831. The lowest BCUT2D eigenvalue weighted by Crippen LogP contribution is -2.69. The average molecular weight is 1490 g/mol. The lowest BCUT2D eigenvalue weighted by molar-refractivity contribution is -0.267. The Balaban J connectivity index is 1.19. The van der Waals surface area contributed by atoms with Crippen molar-refractivity contribution in [3.63, 3.8) is 0 Å². The Morgan fingerprint density at radius 3 is 1.75 bits per heavy atom. The third-order valence-corrected chi connectivity index (χ3v) is 49.1. The third-order valence-electron chi connectivity index (χ3n) is 24.9. The Hall–Kier alpha value is -1.54. The zero-order valence-corrected chi connectivity index (χ0v) is 72.8. The first-order valence-corrected chi connectivity index (χ1v) is 53.6. The summed E-state index contributed by atoms with van der Waals surface area (Å²) >= 11 is 0. The molecule has 18 atom stereocenters. The van der Waals surface area contributed by atoms with Crippen LogP contribution in [0, 0.1) is 11.8 Å². The number of benzene rings is 1. The summed E-state index contributed by atoms with van der Waals surface area (Å²) in [4.78, 5) is 13.0. The summed E-state index contributed by atoms with van der Waals surface area (Å²) in [7, 11) is -12.8. The molecular formula is C77H140O16SSi5. The highest BCUT2D eigenvalue weighted by Crippen LogP contribution is 2.49. The minimum atomic E-state index is -3.76. The number of sulfone groups is 1. The minimum absolute atomic E-state index is 0.00392. The van der Waals surface area contributed by atoms with Crippen molar-refractivity contribution in [2.75, 3.05) is 26.6 Å². The number of esters is 1. The van der Waals surface area contributed by atoms with Gasteiger partial charge in [-0.25, -0.2) is 8.42 Å². The fourth-order valence-corrected chi connectivity index (χ4v) is 21.1. The summed E-state index contributed by atoms with van der Waals surface area (Å²) < 4.78 is 113. The first-order valence-electron chi connectivity index (χ1n) is 37.4. The number of rotatable bonds is 30. The Kier molecular flexibility index (Phi) is 29.1. The topological polar surface area (TPSA) is 182 Å². The molecule has 0 amide bonds. The maximum atomic E-state index is 14.4. The lowest BCUT2D eigenvalue weighted by Gasteiger charge is -2.56. The normalized spacial score (nSPS) is 30.2. The van der Waals surface area contributed by atoms with Gasteiger partial charge in [-0.15, -0.1) is 0 Å². The van der Waals surface area contributed by atoms with Crippen LogP contribution in [0.15, 0.2) is 71.7 Å². The molecule has 570 valence electrons. The number of hydrogen-bond acceptors (Lipinski definition) is 16. The molecule has 1 aromatic rings. The number of methoxy groups -OCH3 is 2. The van der Waals surface area contributed by atoms with Crippen LogP contribution in [0.2, 0.25) is 90.7 Å². The molecule has 0 bridgehead atoms. The van der Waals surface area contributed by atoms with Crippen molar-refractivity contribution in [1.29, 1.82) is 0 Å². The Morgan fingerprint density at radius 2 is 1.19 bits per heavy atom. The molecule has 5 aliphatic heterocycles. The predicted molar refractivity (Wildman–Crippen MR) is 413 cm³/mol. The van der Waals surface area contributed by atoms with Gasteiger partial charge in [0.05, 0.1) is 104 Å². The largest absolute Gasteiger partial charge is 0.469 e. The minimum Gasteiger partial charge on any atom is -0.469 e. The highest BCUT2D eigenvalue weighted by atomic mass is 32.2. The van der Waals surface area contributed by atoms with Gasteiger partial charge in [-0.2, -0.15) is 0 Å². The van der Waals surface area contributed by atoms with Crippen LogP contribution < -0.4 is 0 Å². The molecule has 22 heteroatoms. The van der Waals surface area contributed by atoms with Gasteiger partial charge in [-0.3, -0.25) is 4.79 Å². The van der Waals surface area contributed by atoms with Gasteiger partial charge < -0.3 is 60.4 Å². The number of aliphatic hydroxyl groups excluding tert-OH is 1. The van der Waals surface area contributed by atoms with E-state index >= 15 is 0 Å². The maximum Gasteiger partial charge on any atom is 0.308 e. The zero-order valence-electron chi connectivity index (χ0n) is 67.0. The van der Waals surface area contributed by atoms with Gasteiger partial charge in [0.15, 0.2) is 51.4 Å². The van der Waals surface area contributed by atoms with Crippen LogP contribution in [0.25, 0.3) is 0 Å². The highest BCUT2D eigenvalue weighted by Gasteiger charge is 2.59. The van der Waals surface area contributed by atoms with Gasteiger partial charge in [0.2, 0.25) is 0 Å². The molecule has 0 aliphatic carbocycles. The van der Waals surface area contributed by atoms with Gasteiger partial charge in [0, 0.05) is 25.9 Å². The van der Waals surface area contributed by atoms with E-state index in [0.717, 1.165) is 30.4 Å². The van der Waals surface area contributed by atoms with Crippen LogP contribution in [0.3, 0.4) is 0 Å². The van der Waals surface area contributed by atoms with E-state index in [1.807, 2.05) is 18.2 Å². The third kappa shape index (κ3) is 22.3. The predicted octanol–water partition coefficient (Wildman–Crippen LogP) is 17.6. The highest BCUT2D eigenvalue weighted by molar-refractivity contribution is 7.91. The Bertz CT molecular complexity index is 2940.